The van der Waals surface area contributed by atoms with Crippen LogP contribution >= 0.6 is 0 Å². The fraction of sp³-hybridized carbons (Fsp3) is 0.174. The number of ether oxygens (including phenoxy) is 1. The molecule has 0 aliphatic heterocycles. The van der Waals surface area contributed by atoms with E-state index in [1.54, 1.807) is 18.2 Å². The number of sulfonamides is 1. The van der Waals surface area contributed by atoms with Crippen molar-refractivity contribution in [2.75, 3.05) is 19.0 Å². The van der Waals surface area contributed by atoms with Crippen molar-refractivity contribution >= 4 is 21.6 Å². The number of rotatable bonds is 8. The Labute approximate surface area is 177 Å². The molecule has 0 aliphatic rings. The Morgan fingerprint density at radius 3 is 2.30 bits per heavy atom. The highest BCUT2D eigenvalue weighted by Crippen LogP contribution is 2.21. The van der Waals surface area contributed by atoms with Gasteiger partial charge in [-0.15, -0.1) is 0 Å². The molecule has 0 saturated heterocycles. The topological polar surface area (TPSA) is 75.7 Å². The number of nitrogens with zero attached hydrogens (tertiary/aromatic N) is 1. The third kappa shape index (κ3) is 5.46. The number of anilines is 1. The monoisotopic (exact) mass is 424 g/mol. The third-order valence-corrected chi connectivity index (χ3v) is 6.33. The molecule has 156 valence electrons. The predicted octanol–water partition coefficient (Wildman–Crippen LogP) is 3.83. The molecular weight excluding hydrogens is 400 g/mol. The van der Waals surface area contributed by atoms with Gasteiger partial charge >= 0.3 is 0 Å². The highest BCUT2D eigenvalue weighted by molar-refractivity contribution is 7.89. The Kier molecular flexibility index (Phi) is 6.87. The molecule has 1 amide bonds. The number of amides is 1. The standard InChI is InChI=1S/C23H24N2O4S/c1-18-7-6-10-20(15-18)24-23(26)17-25(16-19-8-4-3-5-9-19)30(27,28)22-13-11-21(29-2)12-14-22/h3-15H,16-17H2,1-2H3,(H,24,26). The maximum atomic E-state index is 13.3. The van der Waals surface area contributed by atoms with Crippen molar-refractivity contribution in [2.45, 2.75) is 18.4 Å². The molecule has 0 unspecified atom stereocenters. The molecule has 0 heterocycles. The summed E-state index contributed by atoms with van der Waals surface area (Å²) in [5.41, 5.74) is 2.42. The van der Waals surface area contributed by atoms with Crippen molar-refractivity contribution in [2.24, 2.45) is 0 Å². The summed E-state index contributed by atoms with van der Waals surface area (Å²) in [6.45, 7) is 1.69. The van der Waals surface area contributed by atoms with Gasteiger partial charge in [-0.1, -0.05) is 42.5 Å². The van der Waals surface area contributed by atoms with Crippen LogP contribution in [-0.4, -0.2) is 32.3 Å². The van der Waals surface area contributed by atoms with Gasteiger partial charge in [-0.2, -0.15) is 4.31 Å². The molecular formula is C23H24N2O4S. The summed E-state index contributed by atoms with van der Waals surface area (Å²) in [6.07, 6.45) is 0. The molecule has 1 N–H and O–H groups in total. The van der Waals surface area contributed by atoms with E-state index in [9.17, 15) is 13.2 Å². The zero-order chi connectivity index (χ0) is 21.6. The predicted molar refractivity (Wildman–Crippen MR) is 117 cm³/mol. The van der Waals surface area contributed by atoms with Gasteiger partial charge in [0.15, 0.2) is 0 Å². The van der Waals surface area contributed by atoms with Crippen molar-refractivity contribution in [3.63, 3.8) is 0 Å². The lowest BCUT2D eigenvalue weighted by Gasteiger charge is -2.22. The van der Waals surface area contributed by atoms with Crippen molar-refractivity contribution in [1.82, 2.24) is 4.31 Å². The zero-order valence-electron chi connectivity index (χ0n) is 16.9. The molecule has 0 aromatic heterocycles. The van der Waals surface area contributed by atoms with Crippen molar-refractivity contribution in [1.29, 1.82) is 0 Å². The van der Waals surface area contributed by atoms with E-state index >= 15 is 0 Å². The van der Waals surface area contributed by atoms with Gasteiger partial charge in [0, 0.05) is 12.2 Å². The minimum absolute atomic E-state index is 0.0798. The molecule has 3 rings (SSSR count). The highest BCUT2D eigenvalue weighted by Gasteiger charge is 2.27. The van der Waals surface area contributed by atoms with E-state index in [0.29, 0.717) is 11.4 Å². The van der Waals surface area contributed by atoms with Crippen LogP contribution in [0.4, 0.5) is 5.69 Å². The summed E-state index contributed by atoms with van der Waals surface area (Å²) in [4.78, 5) is 12.8. The molecule has 3 aromatic rings. The van der Waals surface area contributed by atoms with Crippen LogP contribution < -0.4 is 10.1 Å². The van der Waals surface area contributed by atoms with E-state index in [4.69, 9.17) is 4.74 Å². The number of aryl methyl sites for hydroxylation is 1. The minimum Gasteiger partial charge on any atom is -0.497 e. The largest absolute Gasteiger partial charge is 0.497 e. The third-order valence-electron chi connectivity index (χ3n) is 4.52. The summed E-state index contributed by atoms with van der Waals surface area (Å²) in [5.74, 6) is 0.148. The number of hydrogen-bond donors (Lipinski definition) is 1. The first-order chi connectivity index (χ1) is 14.4. The lowest BCUT2D eigenvalue weighted by molar-refractivity contribution is -0.116. The van der Waals surface area contributed by atoms with Crippen molar-refractivity contribution in [3.05, 3.63) is 90.0 Å². The molecule has 0 radical (unpaired) electrons. The van der Waals surface area contributed by atoms with Crippen LogP contribution in [0, 0.1) is 6.92 Å². The number of benzene rings is 3. The smallest absolute Gasteiger partial charge is 0.243 e. The van der Waals surface area contributed by atoms with E-state index in [1.165, 1.54) is 23.5 Å². The first-order valence-corrected chi connectivity index (χ1v) is 10.9. The number of carbonyl (C=O) groups is 1. The average Bonchev–Trinajstić information content (AvgIpc) is 2.74. The number of nitrogens with one attached hydrogen (secondary N) is 1. The molecule has 6 nitrogen and oxygen atoms in total. The summed E-state index contributed by atoms with van der Waals surface area (Å²) in [7, 11) is -2.39. The molecule has 0 bridgehead atoms. The van der Waals surface area contributed by atoms with Gasteiger partial charge in [0.05, 0.1) is 18.6 Å². The Morgan fingerprint density at radius 2 is 1.67 bits per heavy atom. The first-order valence-electron chi connectivity index (χ1n) is 9.43. The molecule has 7 heteroatoms. The molecule has 30 heavy (non-hydrogen) atoms. The lowest BCUT2D eigenvalue weighted by Crippen LogP contribution is -2.37. The highest BCUT2D eigenvalue weighted by atomic mass is 32.2. The van der Waals surface area contributed by atoms with E-state index in [1.807, 2.05) is 55.5 Å². The van der Waals surface area contributed by atoms with Gasteiger partial charge in [0.2, 0.25) is 15.9 Å². The van der Waals surface area contributed by atoms with Gasteiger partial charge in [0.25, 0.3) is 0 Å². The maximum Gasteiger partial charge on any atom is 0.243 e. The van der Waals surface area contributed by atoms with Crippen LogP contribution in [0.1, 0.15) is 11.1 Å². The van der Waals surface area contributed by atoms with Crippen LogP contribution in [-0.2, 0) is 21.4 Å². The number of hydrogen-bond acceptors (Lipinski definition) is 4. The molecule has 0 atom stereocenters. The van der Waals surface area contributed by atoms with E-state index in [-0.39, 0.29) is 18.0 Å². The molecule has 3 aromatic carbocycles. The molecule has 0 fully saturated rings. The van der Waals surface area contributed by atoms with Gasteiger partial charge in [-0.05, 0) is 54.4 Å². The van der Waals surface area contributed by atoms with Crippen LogP contribution in [0.5, 0.6) is 5.75 Å². The second-order valence-corrected chi connectivity index (χ2v) is 8.79. The van der Waals surface area contributed by atoms with Gasteiger partial charge in [-0.25, -0.2) is 8.42 Å². The summed E-state index contributed by atoms with van der Waals surface area (Å²) in [6, 6.07) is 22.7. The normalized spacial score (nSPS) is 11.3. The quantitative estimate of drug-likeness (QED) is 0.596. The van der Waals surface area contributed by atoms with E-state index < -0.39 is 15.9 Å². The Balaban J connectivity index is 1.86. The second-order valence-electron chi connectivity index (χ2n) is 6.85. The van der Waals surface area contributed by atoms with Crippen molar-refractivity contribution < 1.29 is 17.9 Å². The molecule has 0 saturated carbocycles. The number of methoxy groups -OCH3 is 1. The van der Waals surface area contributed by atoms with Crippen molar-refractivity contribution in [3.8, 4) is 5.75 Å². The second kappa shape index (κ2) is 9.56. The molecule has 0 aliphatic carbocycles. The van der Waals surface area contributed by atoms with Gasteiger partial charge < -0.3 is 10.1 Å². The van der Waals surface area contributed by atoms with Crippen LogP contribution in [0.2, 0.25) is 0 Å². The lowest BCUT2D eigenvalue weighted by atomic mass is 10.2. The number of carbonyl (C=O) groups excluding carboxylic acids is 1. The Hall–Kier alpha value is -3.16. The minimum atomic E-state index is -3.90. The first kappa shape index (κ1) is 21.5. The van der Waals surface area contributed by atoms with E-state index in [0.717, 1.165) is 11.1 Å². The summed E-state index contributed by atoms with van der Waals surface area (Å²) >= 11 is 0. The zero-order valence-corrected chi connectivity index (χ0v) is 17.7. The fourth-order valence-electron chi connectivity index (χ4n) is 2.99. The average molecular weight is 425 g/mol. The maximum absolute atomic E-state index is 13.3. The Morgan fingerprint density at radius 1 is 0.967 bits per heavy atom. The fourth-order valence-corrected chi connectivity index (χ4v) is 4.38. The van der Waals surface area contributed by atoms with Crippen LogP contribution in [0.3, 0.4) is 0 Å². The summed E-state index contributed by atoms with van der Waals surface area (Å²) < 4.78 is 32.8. The summed E-state index contributed by atoms with van der Waals surface area (Å²) in [5, 5.41) is 2.78. The van der Waals surface area contributed by atoms with Crippen LogP contribution in [0.25, 0.3) is 0 Å². The SMILES string of the molecule is COc1ccc(S(=O)(=O)N(CC(=O)Nc2cccc(C)c2)Cc2ccccc2)cc1. The van der Waals surface area contributed by atoms with E-state index in [2.05, 4.69) is 5.32 Å². The molecule has 0 spiro atoms. The van der Waals surface area contributed by atoms with Crippen LogP contribution in [0.15, 0.2) is 83.8 Å². The van der Waals surface area contributed by atoms with Gasteiger partial charge in [-0.3, -0.25) is 4.79 Å². The Bertz CT molecular complexity index is 1100. The van der Waals surface area contributed by atoms with Gasteiger partial charge in [0.1, 0.15) is 5.75 Å².